The third-order valence-corrected chi connectivity index (χ3v) is 2.74. The highest BCUT2D eigenvalue weighted by Crippen LogP contribution is 2.15. The third-order valence-electron chi connectivity index (χ3n) is 2.74. The number of likely N-dealkylation sites (N-methyl/N-ethyl adjacent to an activating group) is 2. The summed E-state index contributed by atoms with van der Waals surface area (Å²) in [6, 6.07) is 6.43. The van der Waals surface area contributed by atoms with Crippen LogP contribution in [0, 0.1) is 5.82 Å². The van der Waals surface area contributed by atoms with Crippen LogP contribution in [0.15, 0.2) is 24.3 Å². The van der Waals surface area contributed by atoms with Gasteiger partial charge in [-0.05, 0) is 27.2 Å². The highest BCUT2D eigenvalue weighted by Gasteiger charge is 2.12. The molecule has 2 N–H and O–H groups in total. The van der Waals surface area contributed by atoms with E-state index < -0.39 is 0 Å². The molecule has 0 heterocycles. The van der Waals surface area contributed by atoms with Crippen LogP contribution in [-0.4, -0.2) is 50.6 Å². The van der Waals surface area contributed by atoms with Crippen LogP contribution in [-0.2, 0) is 0 Å². The molecule has 3 nitrogen and oxygen atoms in total. The molecule has 0 aliphatic carbocycles. The first-order chi connectivity index (χ1) is 8.00. The zero-order chi connectivity index (χ0) is 12.8. The molecular weight excluding hydrogens is 217 g/mol. The summed E-state index contributed by atoms with van der Waals surface area (Å²) in [5.74, 6) is -0.221. The third kappa shape index (κ3) is 4.81. The first kappa shape index (κ1) is 14.1. The van der Waals surface area contributed by atoms with E-state index in [0.29, 0.717) is 12.1 Å². The number of nitrogens with zero attached hydrogens (tertiary/aromatic N) is 2. The Morgan fingerprint density at radius 1 is 1.18 bits per heavy atom. The van der Waals surface area contributed by atoms with E-state index >= 15 is 0 Å². The van der Waals surface area contributed by atoms with Crippen LogP contribution in [0.1, 0.15) is 11.6 Å². The van der Waals surface area contributed by atoms with Crippen LogP contribution < -0.4 is 5.73 Å². The van der Waals surface area contributed by atoms with Gasteiger partial charge in [-0.3, -0.25) is 0 Å². The van der Waals surface area contributed by atoms with Gasteiger partial charge in [0.15, 0.2) is 0 Å². The Bertz CT molecular complexity index is 341. The monoisotopic (exact) mass is 239 g/mol. The molecule has 1 rings (SSSR count). The van der Waals surface area contributed by atoms with Gasteiger partial charge in [0.25, 0.3) is 0 Å². The van der Waals surface area contributed by atoms with Crippen molar-refractivity contribution in [2.75, 3.05) is 40.8 Å². The van der Waals surface area contributed by atoms with E-state index in [1.807, 2.05) is 27.2 Å². The molecule has 96 valence electrons. The zero-order valence-electron chi connectivity index (χ0n) is 10.9. The van der Waals surface area contributed by atoms with E-state index in [2.05, 4.69) is 9.80 Å². The summed E-state index contributed by atoms with van der Waals surface area (Å²) in [4.78, 5) is 4.24. The molecule has 0 aromatic heterocycles. The Labute approximate surface area is 103 Å². The topological polar surface area (TPSA) is 32.5 Å². The highest BCUT2D eigenvalue weighted by atomic mass is 19.1. The van der Waals surface area contributed by atoms with Gasteiger partial charge in [0.2, 0.25) is 0 Å². The molecule has 0 fully saturated rings. The number of benzene rings is 1. The number of nitrogens with two attached hydrogens (primary N) is 1. The minimum Gasteiger partial charge on any atom is -0.323 e. The molecule has 0 amide bonds. The lowest BCUT2D eigenvalue weighted by atomic mass is 10.1. The molecule has 0 aliphatic heterocycles. The van der Waals surface area contributed by atoms with Crippen LogP contribution in [0.3, 0.4) is 0 Å². The highest BCUT2D eigenvalue weighted by molar-refractivity contribution is 5.21. The Morgan fingerprint density at radius 3 is 2.41 bits per heavy atom. The summed E-state index contributed by atoms with van der Waals surface area (Å²) in [6.45, 7) is 2.56. The van der Waals surface area contributed by atoms with Crippen LogP contribution in [0.25, 0.3) is 0 Å². The molecule has 0 saturated carbocycles. The maximum atomic E-state index is 13.5. The lowest BCUT2D eigenvalue weighted by Crippen LogP contribution is -2.34. The Balaban J connectivity index is 2.49. The summed E-state index contributed by atoms with van der Waals surface area (Å²) in [5.41, 5.74) is 6.60. The predicted octanol–water partition coefficient (Wildman–Crippen LogP) is 1.32. The van der Waals surface area contributed by atoms with E-state index in [0.717, 1.165) is 13.1 Å². The zero-order valence-corrected chi connectivity index (χ0v) is 10.9. The summed E-state index contributed by atoms with van der Waals surface area (Å²) >= 11 is 0. The number of rotatable bonds is 6. The molecule has 0 bridgehead atoms. The standard InChI is InChI=1S/C13H22FN3/c1-16(2)8-9-17(3)10-13(15)11-6-4-5-7-12(11)14/h4-7,13H,8-10,15H2,1-3H3. The number of hydrogen-bond donors (Lipinski definition) is 1. The second-order valence-electron chi connectivity index (χ2n) is 4.69. The van der Waals surface area contributed by atoms with Crippen molar-refractivity contribution in [2.24, 2.45) is 5.73 Å². The van der Waals surface area contributed by atoms with Gasteiger partial charge in [0, 0.05) is 31.2 Å². The van der Waals surface area contributed by atoms with Gasteiger partial charge in [-0.15, -0.1) is 0 Å². The van der Waals surface area contributed by atoms with Gasteiger partial charge in [-0.25, -0.2) is 4.39 Å². The average Bonchev–Trinajstić information content (AvgIpc) is 2.26. The van der Waals surface area contributed by atoms with Crippen molar-refractivity contribution >= 4 is 0 Å². The van der Waals surface area contributed by atoms with Gasteiger partial charge in [0.05, 0.1) is 0 Å². The molecule has 1 atom stereocenters. The predicted molar refractivity (Wildman–Crippen MR) is 69.4 cm³/mol. The van der Waals surface area contributed by atoms with Crippen molar-refractivity contribution in [2.45, 2.75) is 6.04 Å². The summed E-state index contributed by atoms with van der Waals surface area (Å²) in [7, 11) is 6.07. The second kappa shape index (κ2) is 6.69. The van der Waals surface area contributed by atoms with E-state index in [1.165, 1.54) is 6.07 Å². The quantitative estimate of drug-likeness (QED) is 0.812. The van der Waals surface area contributed by atoms with Crippen molar-refractivity contribution < 1.29 is 4.39 Å². The first-order valence-electron chi connectivity index (χ1n) is 5.84. The fraction of sp³-hybridized carbons (Fsp3) is 0.538. The minimum atomic E-state index is -0.275. The maximum absolute atomic E-state index is 13.5. The lowest BCUT2D eigenvalue weighted by molar-refractivity contribution is 0.268. The molecule has 1 unspecified atom stereocenters. The molecule has 1 aromatic rings. The second-order valence-corrected chi connectivity index (χ2v) is 4.69. The van der Waals surface area contributed by atoms with E-state index in [9.17, 15) is 4.39 Å². The molecule has 0 spiro atoms. The number of hydrogen-bond acceptors (Lipinski definition) is 3. The van der Waals surface area contributed by atoms with Crippen molar-refractivity contribution in [1.29, 1.82) is 0 Å². The first-order valence-corrected chi connectivity index (χ1v) is 5.84. The van der Waals surface area contributed by atoms with Crippen molar-refractivity contribution in [3.8, 4) is 0 Å². The van der Waals surface area contributed by atoms with E-state index in [4.69, 9.17) is 5.73 Å². The molecule has 4 heteroatoms. The molecular formula is C13H22FN3. The van der Waals surface area contributed by atoms with Gasteiger partial charge in [-0.2, -0.15) is 0 Å². The molecule has 0 saturated heterocycles. The van der Waals surface area contributed by atoms with Crippen LogP contribution >= 0.6 is 0 Å². The Morgan fingerprint density at radius 2 is 1.82 bits per heavy atom. The van der Waals surface area contributed by atoms with Crippen LogP contribution in [0.4, 0.5) is 4.39 Å². The summed E-state index contributed by atoms with van der Waals surface area (Å²) < 4.78 is 13.5. The largest absolute Gasteiger partial charge is 0.323 e. The summed E-state index contributed by atoms with van der Waals surface area (Å²) in [5, 5.41) is 0. The maximum Gasteiger partial charge on any atom is 0.128 e. The van der Waals surface area contributed by atoms with E-state index in [1.54, 1.807) is 12.1 Å². The minimum absolute atomic E-state index is 0.221. The smallest absolute Gasteiger partial charge is 0.128 e. The Hall–Kier alpha value is -0.970. The normalized spacial score (nSPS) is 13.4. The Kier molecular flexibility index (Phi) is 5.55. The molecule has 1 aromatic carbocycles. The number of halogens is 1. The van der Waals surface area contributed by atoms with Crippen molar-refractivity contribution in [3.63, 3.8) is 0 Å². The SMILES string of the molecule is CN(C)CCN(C)CC(N)c1ccccc1F. The summed E-state index contributed by atoms with van der Waals surface area (Å²) in [6.07, 6.45) is 0. The fourth-order valence-electron chi connectivity index (χ4n) is 1.67. The lowest BCUT2D eigenvalue weighted by Gasteiger charge is -2.23. The molecule has 0 aliphatic rings. The average molecular weight is 239 g/mol. The fourth-order valence-corrected chi connectivity index (χ4v) is 1.67. The van der Waals surface area contributed by atoms with Gasteiger partial charge in [0.1, 0.15) is 5.82 Å². The van der Waals surface area contributed by atoms with Crippen molar-refractivity contribution in [3.05, 3.63) is 35.6 Å². The van der Waals surface area contributed by atoms with Crippen LogP contribution in [0.2, 0.25) is 0 Å². The van der Waals surface area contributed by atoms with E-state index in [-0.39, 0.29) is 11.9 Å². The molecule has 0 radical (unpaired) electrons. The molecule has 17 heavy (non-hydrogen) atoms. The van der Waals surface area contributed by atoms with Crippen LogP contribution in [0.5, 0.6) is 0 Å². The van der Waals surface area contributed by atoms with Gasteiger partial charge >= 0.3 is 0 Å². The van der Waals surface area contributed by atoms with Gasteiger partial charge < -0.3 is 15.5 Å². The van der Waals surface area contributed by atoms with Gasteiger partial charge in [-0.1, -0.05) is 18.2 Å². The van der Waals surface area contributed by atoms with Crippen molar-refractivity contribution in [1.82, 2.24) is 9.80 Å².